The summed E-state index contributed by atoms with van der Waals surface area (Å²) < 4.78 is 24.3. The lowest BCUT2D eigenvalue weighted by molar-refractivity contribution is -0.137. The third kappa shape index (κ3) is 6.11. The summed E-state index contributed by atoms with van der Waals surface area (Å²) in [6.07, 6.45) is 2.94. The van der Waals surface area contributed by atoms with Gasteiger partial charge in [-0.05, 0) is 36.8 Å². The van der Waals surface area contributed by atoms with Crippen LogP contribution < -0.4 is 19.8 Å². The van der Waals surface area contributed by atoms with Crippen LogP contribution in [0.1, 0.15) is 24.7 Å². The molecular formula is C26H29BrN4O6. The summed E-state index contributed by atoms with van der Waals surface area (Å²) in [7, 11) is 3.00. The second kappa shape index (κ2) is 12.2. The third-order valence-electron chi connectivity index (χ3n) is 5.86. The monoisotopic (exact) mass is 572 g/mol. The molecule has 0 bridgehead atoms. The predicted octanol–water partition coefficient (Wildman–Crippen LogP) is 3.25. The normalized spacial score (nSPS) is 13.8. The van der Waals surface area contributed by atoms with Crippen molar-refractivity contribution < 1.29 is 23.7 Å². The van der Waals surface area contributed by atoms with Crippen molar-refractivity contribution in [1.29, 1.82) is 0 Å². The topological polar surface area (TPSA) is 104 Å². The number of methoxy groups -OCH3 is 2. The molecule has 0 unspecified atom stereocenters. The summed E-state index contributed by atoms with van der Waals surface area (Å²) in [5, 5.41) is 4.93. The van der Waals surface area contributed by atoms with Gasteiger partial charge in [-0.2, -0.15) is 9.78 Å². The maximum Gasteiger partial charge on any atom is 0.282 e. The Bertz CT molecular complexity index is 1340. The number of halogens is 1. The molecule has 0 saturated carbocycles. The van der Waals surface area contributed by atoms with Crippen molar-refractivity contribution in [2.24, 2.45) is 5.10 Å². The summed E-state index contributed by atoms with van der Waals surface area (Å²) >= 11 is 3.42. The number of carbonyl (C=O) groups excluding carboxylic acids is 1. The first-order chi connectivity index (χ1) is 17.9. The Labute approximate surface area is 222 Å². The molecule has 4 rings (SSSR count). The van der Waals surface area contributed by atoms with Gasteiger partial charge in [-0.25, -0.2) is 4.98 Å². The standard InChI is InChI=1S/C26H29BrN4O6/c1-4-5-23-29-20-7-6-18(27)14-19(20)26(33)31(23)28-15-17-12-21(34-2)25(22(13-17)35-3)37-16-24(32)30-8-10-36-11-9-30/h6-7,12-15H,4-5,8-11,16H2,1-3H3. The molecule has 1 amide bonds. The highest BCUT2D eigenvalue weighted by Gasteiger charge is 2.20. The predicted molar refractivity (Wildman–Crippen MR) is 143 cm³/mol. The van der Waals surface area contributed by atoms with Gasteiger partial charge in [0.1, 0.15) is 5.82 Å². The molecule has 1 aromatic heterocycles. The number of hydrogen-bond donors (Lipinski definition) is 0. The van der Waals surface area contributed by atoms with Crippen LogP contribution in [-0.4, -0.2) is 73.8 Å². The summed E-state index contributed by atoms with van der Waals surface area (Å²) in [6, 6.07) is 8.82. The van der Waals surface area contributed by atoms with Gasteiger partial charge in [0.15, 0.2) is 18.1 Å². The molecule has 3 aromatic rings. The van der Waals surface area contributed by atoms with E-state index in [4.69, 9.17) is 18.9 Å². The Morgan fingerprint density at radius 1 is 1.16 bits per heavy atom. The van der Waals surface area contributed by atoms with Gasteiger partial charge in [-0.3, -0.25) is 9.59 Å². The molecule has 1 aliphatic heterocycles. The van der Waals surface area contributed by atoms with Crippen molar-refractivity contribution in [1.82, 2.24) is 14.6 Å². The van der Waals surface area contributed by atoms with Crippen molar-refractivity contribution in [2.75, 3.05) is 47.1 Å². The van der Waals surface area contributed by atoms with Crippen LogP contribution in [0.15, 0.2) is 44.7 Å². The van der Waals surface area contributed by atoms with E-state index in [2.05, 4.69) is 26.0 Å². The molecule has 0 atom stereocenters. The summed E-state index contributed by atoms with van der Waals surface area (Å²) in [5.41, 5.74) is 0.982. The summed E-state index contributed by atoms with van der Waals surface area (Å²) in [5.74, 6) is 1.48. The van der Waals surface area contributed by atoms with Gasteiger partial charge in [0, 0.05) is 29.5 Å². The summed E-state index contributed by atoms with van der Waals surface area (Å²) in [4.78, 5) is 32.1. The molecule has 0 spiro atoms. The van der Waals surface area contributed by atoms with Crippen molar-refractivity contribution in [2.45, 2.75) is 19.8 Å². The number of ether oxygens (including phenoxy) is 4. The van der Waals surface area contributed by atoms with Crippen molar-refractivity contribution in [3.8, 4) is 17.2 Å². The molecule has 1 fully saturated rings. The fraction of sp³-hybridized carbons (Fsp3) is 0.385. The van der Waals surface area contributed by atoms with E-state index < -0.39 is 0 Å². The zero-order valence-corrected chi connectivity index (χ0v) is 22.6. The molecule has 2 heterocycles. The molecular weight excluding hydrogens is 544 g/mol. The van der Waals surface area contributed by atoms with Crippen molar-refractivity contribution in [3.05, 3.63) is 56.5 Å². The van der Waals surface area contributed by atoms with Gasteiger partial charge < -0.3 is 23.8 Å². The van der Waals surface area contributed by atoms with Gasteiger partial charge in [-0.15, -0.1) is 0 Å². The third-order valence-corrected chi connectivity index (χ3v) is 6.35. The number of morpholine rings is 1. The molecule has 10 nitrogen and oxygen atoms in total. The van der Waals surface area contributed by atoms with E-state index in [1.807, 2.05) is 19.1 Å². The molecule has 0 radical (unpaired) electrons. The second-order valence-electron chi connectivity index (χ2n) is 8.34. The van der Waals surface area contributed by atoms with E-state index in [9.17, 15) is 9.59 Å². The van der Waals surface area contributed by atoms with Crippen molar-refractivity contribution in [3.63, 3.8) is 0 Å². The zero-order chi connectivity index (χ0) is 26.4. The second-order valence-corrected chi connectivity index (χ2v) is 9.25. The molecule has 1 saturated heterocycles. The Morgan fingerprint density at radius 2 is 1.86 bits per heavy atom. The van der Waals surface area contributed by atoms with Crippen LogP contribution in [-0.2, 0) is 16.0 Å². The fourth-order valence-electron chi connectivity index (χ4n) is 3.98. The minimum Gasteiger partial charge on any atom is -0.493 e. The van der Waals surface area contributed by atoms with Gasteiger partial charge in [0.25, 0.3) is 11.5 Å². The van der Waals surface area contributed by atoms with Gasteiger partial charge in [0.05, 0.1) is 44.6 Å². The van der Waals surface area contributed by atoms with E-state index in [-0.39, 0.29) is 18.1 Å². The number of carbonyl (C=O) groups is 1. The maximum atomic E-state index is 13.3. The fourth-order valence-corrected chi connectivity index (χ4v) is 4.34. The minimum atomic E-state index is -0.258. The molecule has 0 aliphatic carbocycles. The zero-order valence-electron chi connectivity index (χ0n) is 21.0. The van der Waals surface area contributed by atoms with Gasteiger partial charge in [-0.1, -0.05) is 22.9 Å². The van der Waals surface area contributed by atoms with E-state index in [0.717, 1.165) is 10.9 Å². The Hall–Kier alpha value is -3.44. The lowest BCUT2D eigenvalue weighted by Gasteiger charge is -2.27. The average molecular weight is 573 g/mol. The Kier molecular flexibility index (Phi) is 8.78. The highest BCUT2D eigenvalue weighted by Crippen LogP contribution is 2.38. The van der Waals surface area contributed by atoms with E-state index in [1.54, 1.807) is 29.3 Å². The lowest BCUT2D eigenvalue weighted by atomic mass is 10.2. The van der Waals surface area contributed by atoms with E-state index in [1.165, 1.54) is 18.9 Å². The SMILES string of the molecule is CCCc1nc2ccc(Br)cc2c(=O)n1N=Cc1cc(OC)c(OCC(=O)N2CCOCC2)c(OC)c1. The number of amides is 1. The van der Waals surface area contributed by atoms with Crippen LogP contribution in [0.5, 0.6) is 17.2 Å². The smallest absolute Gasteiger partial charge is 0.282 e. The van der Waals surface area contributed by atoms with Gasteiger partial charge in [0.2, 0.25) is 5.75 Å². The number of nitrogens with zero attached hydrogens (tertiary/aromatic N) is 4. The van der Waals surface area contributed by atoms with Crippen LogP contribution in [0.2, 0.25) is 0 Å². The summed E-state index contributed by atoms with van der Waals surface area (Å²) in [6.45, 7) is 3.95. The van der Waals surface area contributed by atoms with Crippen molar-refractivity contribution >= 4 is 39.0 Å². The van der Waals surface area contributed by atoms with E-state index in [0.29, 0.717) is 72.3 Å². The van der Waals surface area contributed by atoms with E-state index >= 15 is 0 Å². The number of benzene rings is 2. The number of aromatic nitrogens is 2. The first-order valence-corrected chi connectivity index (χ1v) is 12.7. The lowest BCUT2D eigenvalue weighted by Crippen LogP contribution is -2.43. The quantitative estimate of drug-likeness (QED) is 0.362. The Morgan fingerprint density at radius 3 is 2.51 bits per heavy atom. The largest absolute Gasteiger partial charge is 0.493 e. The first kappa shape index (κ1) is 26.6. The molecule has 2 aromatic carbocycles. The van der Waals surface area contributed by atoms with Crippen LogP contribution in [0.4, 0.5) is 0 Å². The highest BCUT2D eigenvalue weighted by molar-refractivity contribution is 9.10. The number of hydrogen-bond acceptors (Lipinski definition) is 8. The number of fused-ring (bicyclic) bond motifs is 1. The molecule has 1 aliphatic rings. The Balaban J connectivity index is 1.64. The number of aryl methyl sites for hydroxylation is 1. The van der Waals surface area contributed by atoms with Crippen LogP contribution in [0.25, 0.3) is 10.9 Å². The molecule has 196 valence electrons. The first-order valence-electron chi connectivity index (χ1n) is 11.9. The number of rotatable bonds is 9. The molecule has 0 N–H and O–H groups in total. The maximum absolute atomic E-state index is 13.3. The molecule has 37 heavy (non-hydrogen) atoms. The minimum absolute atomic E-state index is 0.142. The van der Waals surface area contributed by atoms with Crippen LogP contribution >= 0.6 is 15.9 Å². The van der Waals surface area contributed by atoms with Crippen LogP contribution in [0.3, 0.4) is 0 Å². The molecule has 11 heteroatoms. The highest BCUT2D eigenvalue weighted by atomic mass is 79.9. The average Bonchev–Trinajstić information content (AvgIpc) is 2.92. The van der Waals surface area contributed by atoms with Gasteiger partial charge >= 0.3 is 0 Å². The van der Waals surface area contributed by atoms with Crippen LogP contribution in [0, 0.1) is 0 Å².